The number of carbonyl (C=O) groups excluding carboxylic acids is 1. The molecule has 0 amide bonds. The summed E-state index contributed by atoms with van der Waals surface area (Å²) in [5, 5.41) is 0. The number of Topliss-reactive ketones (excluding diaryl/α,β-unsaturated/α-hetero) is 1. The number of nitrogens with zero attached hydrogens (tertiary/aromatic N) is 2. The second kappa shape index (κ2) is 3.96. The predicted molar refractivity (Wildman–Crippen MR) is 55.0 cm³/mol. The highest BCUT2D eigenvalue weighted by atomic mass is 16.1. The number of ketones is 1. The van der Waals surface area contributed by atoms with E-state index in [0.717, 1.165) is 32.7 Å². The van der Waals surface area contributed by atoms with Gasteiger partial charge in [0, 0.05) is 51.1 Å². The Hall–Kier alpha value is -0.450. The van der Waals surface area contributed by atoms with Gasteiger partial charge in [0.15, 0.2) is 0 Å². The van der Waals surface area contributed by atoms with Gasteiger partial charge in [0.25, 0.3) is 0 Å². The van der Waals surface area contributed by atoms with Crippen LogP contribution in [0.15, 0.2) is 0 Å². The largest absolute Gasteiger partial charge is 0.329 e. The number of hydrogen-bond acceptors (Lipinski definition) is 4. The lowest BCUT2D eigenvalue weighted by molar-refractivity contribution is -0.136. The molecule has 0 aromatic rings. The third-order valence-electron chi connectivity index (χ3n) is 3.27. The zero-order chi connectivity index (χ0) is 10.1. The third kappa shape index (κ3) is 1.82. The van der Waals surface area contributed by atoms with Gasteiger partial charge in [-0.3, -0.25) is 4.79 Å². The number of rotatable bonds is 2. The van der Waals surface area contributed by atoms with E-state index >= 15 is 0 Å². The van der Waals surface area contributed by atoms with Crippen molar-refractivity contribution in [2.75, 3.05) is 46.3 Å². The summed E-state index contributed by atoms with van der Waals surface area (Å²) in [6.45, 7) is 5.31. The standard InChI is InChI=1S/C10H19N3O/c1-12-4-8-6-13(3-2-11)7-9(5-12)10(8)14/h8-9H,2-7,11H2,1H3. The van der Waals surface area contributed by atoms with Crippen LogP contribution in [0.3, 0.4) is 0 Å². The Morgan fingerprint density at radius 1 is 1.29 bits per heavy atom. The summed E-state index contributed by atoms with van der Waals surface area (Å²) in [5.41, 5.74) is 5.53. The monoisotopic (exact) mass is 197 g/mol. The van der Waals surface area contributed by atoms with Gasteiger partial charge in [-0.05, 0) is 7.05 Å². The van der Waals surface area contributed by atoms with Crippen molar-refractivity contribution in [1.29, 1.82) is 0 Å². The Morgan fingerprint density at radius 3 is 2.36 bits per heavy atom. The molecule has 2 aliphatic rings. The van der Waals surface area contributed by atoms with Gasteiger partial charge < -0.3 is 15.5 Å². The Morgan fingerprint density at radius 2 is 1.86 bits per heavy atom. The maximum Gasteiger partial charge on any atom is 0.144 e. The number of piperidine rings is 2. The van der Waals surface area contributed by atoms with Gasteiger partial charge in [-0.2, -0.15) is 0 Å². The second-order valence-corrected chi connectivity index (χ2v) is 4.57. The van der Waals surface area contributed by atoms with Crippen LogP contribution in [-0.4, -0.2) is 61.9 Å². The van der Waals surface area contributed by atoms with Crippen LogP contribution in [0.5, 0.6) is 0 Å². The average Bonchev–Trinajstić information content (AvgIpc) is 2.09. The molecule has 0 saturated carbocycles. The lowest BCUT2D eigenvalue weighted by atomic mass is 9.83. The summed E-state index contributed by atoms with van der Waals surface area (Å²) in [7, 11) is 2.10. The lowest BCUT2D eigenvalue weighted by Gasteiger charge is -2.43. The van der Waals surface area contributed by atoms with E-state index in [4.69, 9.17) is 5.73 Å². The molecule has 2 N–H and O–H groups in total. The molecule has 0 spiro atoms. The van der Waals surface area contributed by atoms with Crippen LogP contribution in [0.4, 0.5) is 0 Å². The number of nitrogens with two attached hydrogens (primary N) is 1. The van der Waals surface area contributed by atoms with Gasteiger partial charge in [-0.1, -0.05) is 0 Å². The number of carbonyl (C=O) groups is 1. The number of fused-ring (bicyclic) bond motifs is 2. The van der Waals surface area contributed by atoms with E-state index in [0.29, 0.717) is 12.3 Å². The predicted octanol–water partition coefficient (Wildman–Crippen LogP) is -0.992. The Balaban J connectivity index is 2.02. The molecule has 14 heavy (non-hydrogen) atoms. The highest BCUT2D eigenvalue weighted by Crippen LogP contribution is 2.24. The van der Waals surface area contributed by atoms with E-state index < -0.39 is 0 Å². The van der Waals surface area contributed by atoms with Gasteiger partial charge in [0.05, 0.1) is 0 Å². The fourth-order valence-corrected chi connectivity index (χ4v) is 2.70. The van der Waals surface area contributed by atoms with Crippen molar-refractivity contribution in [1.82, 2.24) is 9.80 Å². The molecule has 0 aromatic carbocycles. The number of likely N-dealkylation sites (tertiary alicyclic amines) is 2. The summed E-state index contributed by atoms with van der Waals surface area (Å²) in [5.74, 6) is 0.953. The summed E-state index contributed by atoms with van der Waals surface area (Å²) in [6.07, 6.45) is 0. The minimum atomic E-state index is 0.235. The summed E-state index contributed by atoms with van der Waals surface area (Å²) in [4.78, 5) is 16.4. The van der Waals surface area contributed by atoms with Crippen molar-refractivity contribution < 1.29 is 4.79 Å². The Kier molecular flexibility index (Phi) is 2.85. The molecule has 2 rings (SSSR count). The van der Waals surface area contributed by atoms with E-state index in [1.807, 2.05) is 0 Å². The highest BCUT2D eigenvalue weighted by Gasteiger charge is 2.39. The normalized spacial score (nSPS) is 34.9. The summed E-state index contributed by atoms with van der Waals surface area (Å²) in [6, 6.07) is 0. The highest BCUT2D eigenvalue weighted by molar-refractivity contribution is 5.85. The Bertz CT molecular complexity index is 213. The van der Waals surface area contributed by atoms with E-state index in [-0.39, 0.29) is 11.8 Å². The van der Waals surface area contributed by atoms with Gasteiger partial charge in [-0.25, -0.2) is 0 Å². The first-order valence-electron chi connectivity index (χ1n) is 5.35. The maximum atomic E-state index is 11.8. The molecule has 2 aliphatic heterocycles. The Labute approximate surface area is 85.0 Å². The fourth-order valence-electron chi connectivity index (χ4n) is 2.70. The van der Waals surface area contributed by atoms with Crippen molar-refractivity contribution in [2.24, 2.45) is 17.6 Å². The van der Waals surface area contributed by atoms with Crippen LogP contribution in [-0.2, 0) is 4.79 Å². The SMILES string of the molecule is CN1CC2CN(CCN)CC(C1)C2=O. The molecule has 2 saturated heterocycles. The second-order valence-electron chi connectivity index (χ2n) is 4.57. The van der Waals surface area contributed by atoms with E-state index in [1.165, 1.54) is 0 Å². The molecule has 80 valence electrons. The molecule has 0 aromatic heterocycles. The van der Waals surface area contributed by atoms with Gasteiger partial charge in [0.1, 0.15) is 5.78 Å². The molecule has 2 heterocycles. The van der Waals surface area contributed by atoms with Crippen molar-refractivity contribution in [3.63, 3.8) is 0 Å². The minimum absolute atomic E-state index is 0.235. The minimum Gasteiger partial charge on any atom is -0.329 e. The van der Waals surface area contributed by atoms with Crippen LogP contribution in [0.2, 0.25) is 0 Å². The van der Waals surface area contributed by atoms with Crippen LogP contribution >= 0.6 is 0 Å². The maximum absolute atomic E-state index is 11.8. The average molecular weight is 197 g/mol. The first-order chi connectivity index (χ1) is 6.70. The molecule has 2 bridgehead atoms. The van der Waals surface area contributed by atoms with Crippen LogP contribution < -0.4 is 5.73 Å². The topological polar surface area (TPSA) is 49.6 Å². The fraction of sp³-hybridized carbons (Fsp3) is 0.900. The third-order valence-corrected chi connectivity index (χ3v) is 3.27. The summed E-state index contributed by atoms with van der Waals surface area (Å²) < 4.78 is 0. The zero-order valence-electron chi connectivity index (χ0n) is 8.78. The lowest BCUT2D eigenvalue weighted by Crippen LogP contribution is -2.57. The first kappa shape index (κ1) is 10.1. The van der Waals surface area contributed by atoms with Gasteiger partial charge in [0.2, 0.25) is 0 Å². The quantitative estimate of drug-likeness (QED) is 0.617. The molecular formula is C10H19N3O. The first-order valence-corrected chi connectivity index (χ1v) is 5.35. The smallest absolute Gasteiger partial charge is 0.144 e. The molecule has 2 atom stereocenters. The molecule has 4 heteroatoms. The van der Waals surface area contributed by atoms with E-state index in [1.54, 1.807) is 0 Å². The van der Waals surface area contributed by atoms with Crippen molar-refractivity contribution >= 4 is 5.78 Å². The molecule has 0 radical (unpaired) electrons. The van der Waals surface area contributed by atoms with Crippen molar-refractivity contribution in [3.8, 4) is 0 Å². The van der Waals surface area contributed by atoms with Crippen LogP contribution in [0, 0.1) is 11.8 Å². The zero-order valence-corrected chi connectivity index (χ0v) is 8.78. The summed E-state index contributed by atoms with van der Waals surface area (Å²) >= 11 is 0. The van der Waals surface area contributed by atoms with Crippen molar-refractivity contribution in [3.05, 3.63) is 0 Å². The molecule has 2 fully saturated rings. The molecule has 4 nitrogen and oxygen atoms in total. The van der Waals surface area contributed by atoms with Gasteiger partial charge >= 0.3 is 0 Å². The molecule has 2 unspecified atom stereocenters. The molecular weight excluding hydrogens is 178 g/mol. The molecule has 0 aliphatic carbocycles. The van der Waals surface area contributed by atoms with Crippen molar-refractivity contribution in [2.45, 2.75) is 0 Å². The van der Waals surface area contributed by atoms with Crippen LogP contribution in [0.25, 0.3) is 0 Å². The van der Waals surface area contributed by atoms with E-state index in [9.17, 15) is 4.79 Å². The van der Waals surface area contributed by atoms with Crippen LogP contribution in [0.1, 0.15) is 0 Å². The number of hydrogen-bond donors (Lipinski definition) is 1. The van der Waals surface area contributed by atoms with Gasteiger partial charge in [-0.15, -0.1) is 0 Å². The van der Waals surface area contributed by atoms with E-state index in [2.05, 4.69) is 16.8 Å².